The van der Waals surface area contributed by atoms with Crippen LogP contribution in [0.2, 0.25) is 0 Å². The molecule has 1 aromatic carbocycles. The van der Waals surface area contributed by atoms with E-state index in [1.54, 1.807) is 13.2 Å². The highest BCUT2D eigenvalue weighted by molar-refractivity contribution is 5.94. The van der Waals surface area contributed by atoms with Crippen molar-refractivity contribution in [2.24, 2.45) is 0 Å². The van der Waals surface area contributed by atoms with E-state index < -0.39 is 5.82 Å². The summed E-state index contributed by atoms with van der Waals surface area (Å²) in [6, 6.07) is 4.21. The van der Waals surface area contributed by atoms with E-state index in [4.69, 9.17) is 14.2 Å². The third kappa shape index (κ3) is 5.81. The molecule has 0 aliphatic carbocycles. The third-order valence-corrected chi connectivity index (χ3v) is 2.46. The molecule has 0 spiro atoms. The summed E-state index contributed by atoms with van der Waals surface area (Å²) >= 11 is 0. The van der Waals surface area contributed by atoms with E-state index in [-0.39, 0.29) is 11.5 Å². The Labute approximate surface area is 112 Å². The minimum atomic E-state index is -0.520. The molecule has 1 rings (SSSR count). The standard InChI is InChI=1S/C14H19FO4/c1-11(16)12-4-5-14(13(15)10-12)19-7-3-6-18-9-8-17-2/h4-5,10H,3,6-9H2,1-2H3. The Morgan fingerprint density at radius 2 is 2.00 bits per heavy atom. The number of hydrogen-bond donors (Lipinski definition) is 0. The lowest BCUT2D eigenvalue weighted by Crippen LogP contribution is -2.07. The van der Waals surface area contributed by atoms with Crippen molar-refractivity contribution in [3.05, 3.63) is 29.6 Å². The van der Waals surface area contributed by atoms with E-state index in [1.807, 2.05) is 0 Å². The second kappa shape index (κ2) is 8.61. The average Bonchev–Trinajstić information content (AvgIpc) is 2.39. The molecule has 0 saturated carbocycles. The predicted molar refractivity (Wildman–Crippen MR) is 69.2 cm³/mol. The molecule has 0 aliphatic rings. The van der Waals surface area contributed by atoms with Crippen molar-refractivity contribution < 1.29 is 23.4 Å². The first-order valence-corrected chi connectivity index (χ1v) is 6.15. The molecule has 0 saturated heterocycles. The summed E-state index contributed by atoms with van der Waals surface area (Å²) in [6.45, 7) is 3.40. The molecule has 1 aromatic rings. The fraction of sp³-hybridized carbons (Fsp3) is 0.500. The molecule has 0 amide bonds. The molecule has 19 heavy (non-hydrogen) atoms. The molecule has 106 valence electrons. The first-order chi connectivity index (χ1) is 9.15. The molecule has 0 N–H and O–H groups in total. The number of hydrogen-bond acceptors (Lipinski definition) is 4. The summed E-state index contributed by atoms with van der Waals surface area (Å²) in [4.78, 5) is 11.1. The van der Waals surface area contributed by atoms with Gasteiger partial charge in [-0.2, -0.15) is 0 Å². The topological polar surface area (TPSA) is 44.8 Å². The smallest absolute Gasteiger partial charge is 0.165 e. The summed E-state index contributed by atoms with van der Waals surface area (Å²) in [7, 11) is 1.61. The van der Waals surface area contributed by atoms with Crippen molar-refractivity contribution in [3.63, 3.8) is 0 Å². The zero-order chi connectivity index (χ0) is 14.1. The van der Waals surface area contributed by atoms with Crippen LogP contribution in [-0.2, 0) is 9.47 Å². The fourth-order valence-corrected chi connectivity index (χ4v) is 1.42. The van der Waals surface area contributed by atoms with Gasteiger partial charge in [-0.25, -0.2) is 4.39 Å². The van der Waals surface area contributed by atoms with Gasteiger partial charge < -0.3 is 14.2 Å². The number of benzene rings is 1. The van der Waals surface area contributed by atoms with Gasteiger partial charge >= 0.3 is 0 Å². The molecule has 0 unspecified atom stereocenters. The van der Waals surface area contributed by atoms with Crippen molar-refractivity contribution in [1.29, 1.82) is 0 Å². The van der Waals surface area contributed by atoms with Crippen molar-refractivity contribution >= 4 is 5.78 Å². The van der Waals surface area contributed by atoms with Gasteiger partial charge in [0.1, 0.15) is 0 Å². The molecule has 0 bridgehead atoms. The van der Waals surface area contributed by atoms with Crippen molar-refractivity contribution in [2.45, 2.75) is 13.3 Å². The molecular formula is C14H19FO4. The number of carbonyl (C=O) groups excluding carboxylic acids is 1. The van der Waals surface area contributed by atoms with Gasteiger partial charge in [0.15, 0.2) is 17.3 Å². The Kier molecular flexibility index (Phi) is 7.07. The van der Waals surface area contributed by atoms with Gasteiger partial charge in [-0.3, -0.25) is 4.79 Å². The number of carbonyl (C=O) groups is 1. The maximum atomic E-state index is 13.6. The first-order valence-electron chi connectivity index (χ1n) is 6.15. The van der Waals surface area contributed by atoms with Crippen LogP contribution in [0.15, 0.2) is 18.2 Å². The van der Waals surface area contributed by atoms with E-state index in [0.717, 1.165) is 0 Å². The lowest BCUT2D eigenvalue weighted by molar-refractivity contribution is 0.0642. The summed E-state index contributed by atoms with van der Waals surface area (Å²) < 4.78 is 28.9. The van der Waals surface area contributed by atoms with E-state index in [2.05, 4.69) is 0 Å². The van der Waals surface area contributed by atoms with Gasteiger partial charge in [0.25, 0.3) is 0 Å². The van der Waals surface area contributed by atoms with Crippen molar-refractivity contribution in [3.8, 4) is 5.75 Å². The molecule has 5 heteroatoms. The van der Waals surface area contributed by atoms with Crippen LogP contribution >= 0.6 is 0 Å². The van der Waals surface area contributed by atoms with Crippen LogP contribution in [0.3, 0.4) is 0 Å². The van der Waals surface area contributed by atoms with Crippen LogP contribution in [0.4, 0.5) is 4.39 Å². The Balaban J connectivity index is 2.28. The van der Waals surface area contributed by atoms with E-state index >= 15 is 0 Å². The molecule has 4 nitrogen and oxygen atoms in total. The van der Waals surface area contributed by atoms with Gasteiger partial charge in [0.05, 0.1) is 19.8 Å². The Morgan fingerprint density at radius 1 is 1.21 bits per heavy atom. The quantitative estimate of drug-likeness (QED) is 0.511. The Hall–Kier alpha value is -1.46. The Bertz CT molecular complexity index is 406. The highest BCUT2D eigenvalue weighted by Gasteiger charge is 2.07. The number of ether oxygens (including phenoxy) is 3. The SMILES string of the molecule is COCCOCCCOc1ccc(C(C)=O)cc1F. The molecular weight excluding hydrogens is 251 g/mol. The number of halogens is 1. The van der Waals surface area contributed by atoms with Crippen LogP contribution in [0.25, 0.3) is 0 Å². The summed E-state index contributed by atoms with van der Waals surface area (Å²) in [6.07, 6.45) is 0.664. The zero-order valence-electron chi connectivity index (χ0n) is 11.3. The second-order valence-electron chi connectivity index (χ2n) is 4.01. The monoisotopic (exact) mass is 270 g/mol. The molecule has 0 heterocycles. The van der Waals surface area contributed by atoms with E-state index in [0.29, 0.717) is 38.4 Å². The van der Waals surface area contributed by atoms with Gasteiger partial charge in [-0.1, -0.05) is 0 Å². The molecule has 0 aromatic heterocycles. The first kappa shape index (κ1) is 15.6. The molecule has 0 radical (unpaired) electrons. The van der Waals surface area contributed by atoms with Gasteiger partial charge in [0, 0.05) is 25.7 Å². The maximum absolute atomic E-state index is 13.6. The van der Waals surface area contributed by atoms with Crippen LogP contribution in [0.1, 0.15) is 23.7 Å². The van der Waals surface area contributed by atoms with Crippen LogP contribution in [0, 0.1) is 5.82 Å². The maximum Gasteiger partial charge on any atom is 0.165 e. The largest absolute Gasteiger partial charge is 0.490 e. The second-order valence-corrected chi connectivity index (χ2v) is 4.01. The van der Waals surface area contributed by atoms with Gasteiger partial charge in [-0.05, 0) is 25.1 Å². The number of methoxy groups -OCH3 is 1. The lowest BCUT2D eigenvalue weighted by Gasteiger charge is -2.08. The average molecular weight is 270 g/mol. The predicted octanol–water partition coefficient (Wildman–Crippen LogP) is 2.46. The normalized spacial score (nSPS) is 10.5. The molecule has 0 fully saturated rings. The van der Waals surface area contributed by atoms with E-state index in [1.165, 1.54) is 19.1 Å². The minimum absolute atomic E-state index is 0.155. The number of ketones is 1. The lowest BCUT2D eigenvalue weighted by atomic mass is 10.1. The van der Waals surface area contributed by atoms with Crippen LogP contribution in [0.5, 0.6) is 5.75 Å². The zero-order valence-corrected chi connectivity index (χ0v) is 11.3. The van der Waals surface area contributed by atoms with Gasteiger partial charge in [0.2, 0.25) is 0 Å². The summed E-state index contributed by atoms with van der Waals surface area (Å²) in [5, 5.41) is 0. The van der Waals surface area contributed by atoms with Gasteiger partial charge in [-0.15, -0.1) is 0 Å². The highest BCUT2D eigenvalue weighted by Crippen LogP contribution is 2.18. The number of rotatable bonds is 9. The molecule has 0 atom stereocenters. The Morgan fingerprint density at radius 3 is 2.63 bits per heavy atom. The van der Waals surface area contributed by atoms with Crippen LogP contribution < -0.4 is 4.74 Å². The minimum Gasteiger partial charge on any atom is -0.490 e. The highest BCUT2D eigenvalue weighted by atomic mass is 19.1. The third-order valence-electron chi connectivity index (χ3n) is 2.46. The van der Waals surface area contributed by atoms with Crippen molar-refractivity contribution in [1.82, 2.24) is 0 Å². The summed E-state index contributed by atoms with van der Waals surface area (Å²) in [5.41, 5.74) is 0.341. The van der Waals surface area contributed by atoms with E-state index in [9.17, 15) is 9.18 Å². The summed E-state index contributed by atoms with van der Waals surface area (Å²) in [5.74, 6) is -0.535. The fourth-order valence-electron chi connectivity index (χ4n) is 1.42. The molecule has 0 aliphatic heterocycles. The van der Waals surface area contributed by atoms with Crippen LogP contribution in [-0.4, -0.2) is 39.3 Å². The number of Topliss-reactive ketones (excluding diaryl/α,β-unsaturated/α-hetero) is 1. The van der Waals surface area contributed by atoms with Crippen molar-refractivity contribution in [2.75, 3.05) is 33.5 Å².